The van der Waals surface area contributed by atoms with Crippen LogP contribution in [0.2, 0.25) is 0 Å². The van der Waals surface area contributed by atoms with E-state index in [1.807, 2.05) is 0 Å². The summed E-state index contributed by atoms with van der Waals surface area (Å²) in [5.74, 6) is 0. The van der Waals surface area contributed by atoms with Crippen molar-refractivity contribution in [1.82, 2.24) is 0 Å². The smallest absolute Gasteiger partial charge is 0.00938 e. The van der Waals surface area contributed by atoms with E-state index >= 15 is 0 Å². The van der Waals surface area contributed by atoms with Gasteiger partial charge < -0.3 is 0 Å². The van der Waals surface area contributed by atoms with Gasteiger partial charge in [0.25, 0.3) is 0 Å². The van der Waals surface area contributed by atoms with E-state index in [-0.39, 0.29) is 10.8 Å². The van der Waals surface area contributed by atoms with Gasteiger partial charge in [0.05, 0.1) is 0 Å². The van der Waals surface area contributed by atoms with Crippen molar-refractivity contribution in [3.63, 3.8) is 0 Å². The van der Waals surface area contributed by atoms with Gasteiger partial charge in [-0.05, 0) is 51.2 Å². The third-order valence-electron chi connectivity index (χ3n) is 5.50. The van der Waals surface area contributed by atoms with Crippen LogP contribution in [0.3, 0.4) is 0 Å². The topological polar surface area (TPSA) is 0 Å². The molecule has 0 bridgehead atoms. The first-order valence-electron chi connectivity index (χ1n) is 8.73. The Morgan fingerprint density at radius 1 is 0.783 bits per heavy atom. The van der Waals surface area contributed by atoms with E-state index in [1.165, 1.54) is 27.6 Å². The number of rotatable bonds is 5. The minimum Gasteiger partial charge on any atom is -0.105 e. The summed E-state index contributed by atoms with van der Waals surface area (Å²) in [5, 5.41) is 1.39. The van der Waals surface area contributed by atoms with Crippen LogP contribution in [0, 0.1) is 0 Å². The van der Waals surface area contributed by atoms with Crippen LogP contribution in [0.25, 0.3) is 11.1 Å². The number of hydrogen-bond donors (Lipinski definition) is 0. The molecule has 0 saturated carbocycles. The quantitative estimate of drug-likeness (QED) is 0.571. The van der Waals surface area contributed by atoms with E-state index in [9.17, 15) is 0 Å². The van der Waals surface area contributed by atoms with Gasteiger partial charge in [0.15, 0.2) is 0 Å². The Kier molecular flexibility index (Phi) is 5.37. The Morgan fingerprint density at radius 3 is 1.87 bits per heavy atom. The highest BCUT2D eigenvalue weighted by Gasteiger charge is 2.29. The molecule has 0 saturated heterocycles. The van der Waals surface area contributed by atoms with Crippen LogP contribution in [0.15, 0.2) is 42.5 Å². The second kappa shape index (κ2) is 6.78. The van der Waals surface area contributed by atoms with Crippen molar-refractivity contribution in [2.75, 3.05) is 0 Å². The Bertz CT molecular complexity index is 666. The third kappa shape index (κ3) is 3.53. The van der Waals surface area contributed by atoms with Crippen LogP contribution in [-0.2, 0) is 10.8 Å². The molecule has 0 nitrogen and oxygen atoms in total. The Balaban J connectivity index is 2.78. The van der Waals surface area contributed by atoms with E-state index in [0.29, 0.717) is 0 Å². The second-order valence-electron chi connectivity index (χ2n) is 7.79. The Hall–Kier alpha value is -1.13. The molecule has 23 heavy (non-hydrogen) atoms. The van der Waals surface area contributed by atoms with Crippen molar-refractivity contribution in [3.8, 4) is 11.1 Å². The molecule has 2 aromatic rings. The maximum Gasteiger partial charge on any atom is -0.00938 e. The van der Waals surface area contributed by atoms with Gasteiger partial charge in [-0.15, -0.1) is 9.24 Å². The van der Waals surface area contributed by atoms with Gasteiger partial charge in [-0.1, -0.05) is 84.0 Å². The molecule has 0 spiro atoms. The van der Waals surface area contributed by atoms with Crippen molar-refractivity contribution in [2.24, 2.45) is 0 Å². The molecule has 0 fully saturated rings. The summed E-state index contributed by atoms with van der Waals surface area (Å²) in [6.45, 7) is 14.0. The van der Waals surface area contributed by atoms with Crippen molar-refractivity contribution >= 4 is 14.5 Å². The van der Waals surface area contributed by atoms with Gasteiger partial charge in [-0.25, -0.2) is 0 Å². The van der Waals surface area contributed by atoms with Gasteiger partial charge in [0, 0.05) is 0 Å². The zero-order valence-electron chi connectivity index (χ0n) is 15.5. The van der Waals surface area contributed by atoms with Gasteiger partial charge >= 0.3 is 0 Å². The van der Waals surface area contributed by atoms with Crippen LogP contribution in [0.1, 0.15) is 65.5 Å². The number of benzene rings is 2. The first kappa shape index (κ1) is 18.2. The maximum absolute atomic E-state index is 3.06. The summed E-state index contributed by atoms with van der Waals surface area (Å²) in [7, 11) is 3.06. The predicted molar refractivity (Wildman–Crippen MR) is 108 cm³/mol. The van der Waals surface area contributed by atoms with Crippen molar-refractivity contribution in [3.05, 3.63) is 53.6 Å². The summed E-state index contributed by atoms with van der Waals surface area (Å²) in [5.41, 5.74) is 5.98. The van der Waals surface area contributed by atoms with E-state index < -0.39 is 0 Å². The van der Waals surface area contributed by atoms with E-state index in [1.54, 1.807) is 0 Å². The lowest BCUT2D eigenvalue weighted by atomic mass is 9.73. The summed E-state index contributed by atoms with van der Waals surface area (Å²) >= 11 is 0. The largest absolute Gasteiger partial charge is 0.105 e. The van der Waals surface area contributed by atoms with E-state index in [2.05, 4.69) is 93.2 Å². The molecule has 1 atom stereocenters. The molecular weight excluding hydrogens is 295 g/mol. The lowest BCUT2D eigenvalue weighted by Crippen LogP contribution is -2.30. The molecule has 124 valence electrons. The van der Waals surface area contributed by atoms with Gasteiger partial charge in [-0.2, -0.15) is 0 Å². The average molecular weight is 326 g/mol. The lowest BCUT2D eigenvalue weighted by Gasteiger charge is -2.34. The first-order valence-corrected chi connectivity index (χ1v) is 9.31. The molecule has 0 aliphatic carbocycles. The van der Waals surface area contributed by atoms with E-state index in [0.717, 1.165) is 12.8 Å². The summed E-state index contributed by atoms with van der Waals surface area (Å²) < 4.78 is 0. The fourth-order valence-electron chi connectivity index (χ4n) is 3.16. The molecule has 1 unspecified atom stereocenters. The fraction of sp³-hybridized carbons (Fsp3) is 0.455. The molecule has 2 aromatic carbocycles. The highest BCUT2D eigenvalue weighted by Crippen LogP contribution is 2.38. The Labute approximate surface area is 144 Å². The highest BCUT2D eigenvalue weighted by atomic mass is 31.0. The minimum absolute atomic E-state index is 0.155. The van der Waals surface area contributed by atoms with Gasteiger partial charge in [0.2, 0.25) is 0 Å². The third-order valence-corrected chi connectivity index (χ3v) is 6.10. The summed E-state index contributed by atoms with van der Waals surface area (Å²) in [6.07, 6.45) is 2.27. The molecule has 0 radical (unpaired) electrons. The first-order chi connectivity index (χ1) is 10.7. The molecule has 0 N–H and O–H groups in total. The normalized spacial score (nSPS) is 12.5. The Morgan fingerprint density at radius 2 is 1.35 bits per heavy atom. The molecule has 0 aliphatic rings. The van der Waals surface area contributed by atoms with Crippen LogP contribution >= 0.6 is 9.24 Å². The maximum atomic E-state index is 3.06. The number of hydrogen-bond acceptors (Lipinski definition) is 0. The van der Waals surface area contributed by atoms with E-state index in [4.69, 9.17) is 0 Å². The van der Waals surface area contributed by atoms with Crippen molar-refractivity contribution in [1.29, 1.82) is 0 Å². The zero-order valence-corrected chi connectivity index (χ0v) is 16.7. The van der Waals surface area contributed by atoms with Crippen LogP contribution in [0.4, 0.5) is 0 Å². The van der Waals surface area contributed by atoms with Crippen molar-refractivity contribution in [2.45, 2.75) is 65.2 Å². The molecule has 1 heteroatoms. The SMILES string of the molecule is CCC(C)(C)c1ccc(-c2ccccc2)c(C(C)(C)CC)c1P. The zero-order chi connectivity index (χ0) is 17.3. The standard InChI is InChI=1S/C22H31P/c1-7-21(3,4)18-15-14-17(16-12-10-9-11-13-16)19(20(18)23)22(5,6)8-2/h9-15H,7-8,23H2,1-6H3. The second-order valence-corrected chi connectivity index (χ2v) is 8.37. The summed E-state index contributed by atoms with van der Waals surface area (Å²) in [6, 6.07) is 15.5. The average Bonchev–Trinajstić information content (AvgIpc) is 2.54. The monoisotopic (exact) mass is 326 g/mol. The van der Waals surface area contributed by atoms with Crippen LogP contribution in [0.5, 0.6) is 0 Å². The summed E-state index contributed by atoms with van der Waals surface area (Å²) in [4.78, 5) is 0. The fourth-order valence-corrected chi connectivity index (χ4v) is 4.20. The molecule has 2 rings (SSSR count). The van der Waals surface area contributed by atoms with Gasteiger partial charge in [0.1, 0.15) is 0 Å². The van der Waals surface area contributed by atoms with Crippen molar-refractivity contribution < 1.29 is 0 Å². The van der Waals surface area contributed by atoms with Crippen LogP contribution < -0.4 is 5.30 Å². The predicted octanol–water partition coefficient (Wildman–Crippen LogP) is 6.23. The minimum atomic E-state index is 0.155. The molecule has 0 aliphatic heterocycles. The molecule has 0 heterocycles. The molecular formula is C22H31P. The van der Waals surface area contributed by atoms with Crippen LogP contribution in [-0.4, -0.2) is 0 Å². The van der Waals surface area contributed by atoms with Gasteiger partial charge in [-0.3, -0.25) is 0 Å². The highest BCUT2D eigenvalue weighted by molar-refractivity contribution is 7.27. The molecule has 0 amide bonds. The lowest BCUT2D eigenvalue weighted by molar-refractivity contribution is 0.495. The molecule has 0 aromatic heterocycles.